The van der Waals surface area contributed by atoms with Crippen LogP contribution in [0.1, 0.15) is 64.7 Å². The van der Waals surface area contributed by atoms with E-state index in [-0.39, 0.29) is 6.10 Å². The topological polar surface area (TPSA) is 20.2 Å². The predicted octanol–water partition coefficient (Wildman–Crippen LogP) is 4.07. The lowest BCUT2D eigenvalue weighted by molar-refractivity contribution is 0.182. The summed E-state index contributed by atoms with van der Waals surface area (Å²) in [4.78, 5) is 0. The van der Waals surface area contributed by atoms with Crippen LogP contribution in [0.25, 0.3) is 0 Å². The van der Waals surface area contributed by atoms with E-state index in [0.717, 1.165) is 32.1 Å². The van der Waals surface area contributed by atoms with Crippen molar-refractivity contribution in [2.45, 2.75) is 70.8 Å². The number of hydrogen-bond acceptors (Lipinski definition) is 1. The first-order valence-corrected chi connectivity index (χ1v) is 6.52. The van der Waals surface area contributed by atoms with Crippen molar-refractivity contribution in [3.63, 3.8) is 0 Å². The van der Waals surface area contributed by atoms with Crippen LogP contribution in [0, 0.1) is 11.8 Å². The summed E-state index contributed by atoms with van der Waals surface area (Å²) in [5.74, 6) is 6.36. The molecule has 0 aliphatic heterocycles. The molecule has 0 aliphatic carbocycles. The smallest absolute Gasteiger partial charge is 0.0512 e. The molecule has 1 heteroatoms. The van der Waals surface area contributed by atoms with Crippen molar-refractivity contribution < 1.29 is 5.11 Å². The van der Waals surface area contributed by atoms with Crippen molar-refractivity contribution in [3.05, 3.63) is 12.7 Å². The molecule has 1 N–H and O–H groups in total. The van der Waals surface area contributed by atoms with Crippen LogP contribution in [0.3, 0.4) is 0 Å². The summed E-state index contributed by atoms with van der Waals surface area (Å²) < 4.78 is 0. The lowest BCUT2D eigenvalue weighted by Crippen LogP contribution is -1.97. The highest BCUT2D eigenvalue weighted by atomic mass is 16.3. The van der Waals surface area contributed by atoms with E-state index in [2.05, 4.69) is 18.4 Å². The Bertz CT molecular complexity index is 207. The van der Waals surface area contributed by atoms with Gasteiger partial charge in [-0.05, 0) is 39.0 Å². The van der Waals surface area contributed by atoms with E-state index in [0.29, 0.717) is 0 Å². The Hall–Kier alpha value is -0.740. The number of aliphatic hydroxyl groups is 1. The summed E-state index contributed by atoms with van der Waals surface area (Å²) >= 11 is 0. The van der Waals surface area contributed by atoms with Crippen molar-refractivity contribution in [3.8, 4) is 11.8 Å². The second-order valence-electron chi connectivity index (χ2n) is 4.34. The van der Waals surface area contributed by atoms with Crippen molar-refractivity contribution in [1.82, 2.24) is 0 Å². The fraction of sp³-hybridized carbons (Fsp3) is 0.733. The van der Waals surface area contributed by atoms with Gasteiger partial charge in [0.1, 0.15) is 0 Å². The van der Waals surface area contributed by atoms with Gasteiger partial charge >= 0.3 is 0 Å². The van der Waals surface area contributed by atoms with Gasteiger partial charge in [0.15, 0.2) is 0 Å². The molecule has 0 radical (unpaired) electrons. The molecule has 0 aromatic carbocycles. The minimum atomic E-state index is -0.174. The SMILES string of the molecule is C=CCCCCCCC#CCCCC(C)O. The molecule has 0 heterocycles. The molecule has 0 aromatic heterocycles. The van der Waals surface area contributed by atoms with Crippen LogP contribution >= 0.6 is 0 Å². The molecule has 1 nitrogen and oxygen atoms in total. The summed E-state index contributed by atoms with van der Waals surface area (Å²) in [6.07, 6.45) is 11.9. The number of aliphatic hydroxyl groups excluding tert-OH is 1. The fourth-order valence-corrected chi connectivity index (χ4v) is 1.52. The van der Waals surface area contributed by atoms with E-state index in [1.165, 1.54) is 25.7 Å². The van der Waals surface area contributed by atoms with Crippen molar-refractivity contribution in [1.29, 1.82) is 0 Å². The van der Waals surface area contributed by atoms with Crippen molar-refractivity contribution in [2.24, 2.45) is 0 Å². The number of rotatable bonds is 9. The molecule has 92 valence electrons. The van der Waals surface area contributed by atoms with Gasteiger partial charge in [0.2, 0.25) is 0 Å². The highest BCUT2D eigenvalue weighted by Gasteiger charge is 1.92. The van der Waals surface area contributed by atoms with Crippen LogP contribution in [0.4, 0.5) is 0 Å². The van der Waals surface area contributed by atoms with E-state index in [9.17, 15) is 0 Å². The summed E-state index contributed by atoms with van der Waals surface area (Å²) in [5, 5.41) is 9.04. The lowest BCUT2D eigenvalue weighted by Gasteiger charge is -1.98. The van der Waals surface area contributed by atoms with Gasteiger partial charge in [0, 0.05) is 12.8 Å². The van der Waals surface area contributed by atoms with E-state index >= 15 is 0 Å². The summed E-state index contributed by atoms with van der Waals surface area (Å²) in [5.41, 5.74) is 0. The maximum atomic E-state index is 9.04. The lowest BCUT2D eigenvalue weighted by atomic mass is 10.1. The molecule has 1 atom stereocenters. The van der Waals surface area contributed by atoms with Gasteiger partial charge in [0.05, 0.1) is 6.10 Å². The Balaban J connectivity index is 3.12. The third kappa shape index (κ3) is 13.3. The molecule has 0 aromatic rings. The zero-order valence-electron chi connectivity index (χ0n) is 10.7. The van der Waals surface area contributed by atoms with Crippen LogP contribution in [-0.2, 0) is 0 Å². The third-order valence-corrected chi connectivity index (χ3v) is 2.51. The first kappa shape index (κ1) is 15.3. The number of hydrogen-bond donors (Lipinski definition) is 1. The average Bonchev–Trinajstić information content (AvgIpc) is 2.25. The second kappa shape index (κ2) is 12.3. The molecular weight excluding hydrogens is 196 g/mol. The standard InChI is InChI=1S/C15H26O/c1-3-4-5-6-7-8-9-10-11-12-13-14-15(2)16/h3,15-16H,1,4-9,12-14H2,2H3. The maximum absolute atomic E-state index is 9.04. The quantitative estimate of drug-likeness (QED) is 0.354. The highest BCUT2D eigenvalue weighted by molar-refractivity contribution is 4.98. The molecule has 0 fully saturated rings. The van der Waals surface area contributed by atoms with Gasteiger partial charge in [-0.25, -0.2) is 0 Å². The molecule has 0 spiro atoms. The van der Waals surface area contributed by atoms with Crippen molar-refractivity contribution in [2.75, 3.05) is 0 Å². The summed E-state index contributed by atoms with van der Waals surface area (Å²) in [6.45, 7) is 5.54. The van der Waals surface area contributed by atoms with Crippen LogP contribution in [-0.4, -0.2) is 11.2 Å². The average molecular weight is 222 g/mol. The first-order chi connectivity index (χ1) is 7.77. The minimum absolute atomic E-state index is 0.174. The molecule has 0 saturated heterocycles. The minimum Gasteiger partial charge on any atom is -0.393 e. The summed E-state index contributed by atoms with van der Waals surface area (Å²) in [7, 11) is 0. The van der Waals surface area contributed by atoms with Gasteiger partial charge in [-0.15, -0.1) is 18.4 Å². The molecule has 1 unspecified atom stereocenters. The normalized spacial score (nSPS) is 11.6. The predicted molar refractivity (Wildman–Crippen MR) is 71.2 cm³/mol. The monoisotopic (exact) mass is 222 g/mol. The molecule has 0 aliphatic rings. The van der Waals surface area contributed by atoms with Gasteiger partial charge < -0.3 is 5.11 Å². The van der Waals surface area contributed by atoms with Crippen LogP contribution < -0.4 is 0 Å². The fourth-order valence-electron chi connectivity index (χ4n) is 1.52. The molecule has 0 amide bonds. The largest absolute Gasteiger partial charge is 0.393 e. The first-order valence-electron chi connectivity index (χ1n) is 6.52. The second-order valence-corrected chi connectivity index (χ2v) is 4.34. The van der Waals surface area contributed by atoms with Gasteiger partial charge in [0.25, 0.3) is 0 Å². The maximum Gasteiger partial charge on any atom is 0.0512 e. The number of allylic oxidation sites excluding steroid dienone is 1. The Morgan fingerprint density at radius 3 is 2.31 bits per heavy atom. The Morgan fingerprint density at radius 1 is 1.06 bits per heavy atom. The molecule has 16 heavy (non-hydrogen) atoms. The van der Waals surface area contributed by atoms with E-state index in [1.54, 1.807) is 0 Å². The highest BCUT2D eigenvalue weighted by Crippen LogP contribution is 2.05. The zero-order valence-corrected chi connectivity index (χ0v) is 10.7. The van der Waals surface area contributed by atoms with Crippen LogP contribution in [0.2, 0.25) is 0 Å². The zero-order chi connectivity index (χ0) is 12.1. The Morgan fingerprint density at radius 2 is 1.69 bits per heavy atom. The van der Waals surface area contributed by atoms with Crippen LogP contribution in [0.5, 0.6) is 0 Å². The van der Waals surface area contributed by atoms with Gasteiger partial charge in [-0.2, -0.15) is 0 Å². The van der Waals surface area contributed by atoms with Crippen LogP contribution in [0.15, 0.2) is 12.7 Å². The van der Waals surface area contributed by atoms with E-state index < -0.39 is 0 Å². The summed E-state index contributed by atoms with van der Waals surface area (Å²) in [6, 6.07) is 0. The van der Waals surface area contributed by atoms with Gasteiger partial charge in [-0.1, -0.05) is 18.9 Å². The molecule has 0 saturated carbocycles. The Kier molecular flexibility index (Phi) is 11.8. The number of unbranched alkanes of at least 4 members (excludes halogenated alkanes) is 6. The molecular formula is C15H26O. The molecule has 0 rings (SSSR count). The van der Waals surface area contributed by atoms with Gasteiger partial charge in [-0.3, -0.25) is 0 Å². The molecule has 0 bridgehead atoms. The van der Waals surface area contributed by atoms with E-state index in [1.807, 2.05) is 13.0 Å². The van der Waals surface area contributed by atoms with Crippen molar-refractivity contribution >= 4 is 0 Å². The third-order valence-electron chi connectivity index (χ3n) is 2.51. The van der Waals surface area contributed by atoms with E-state index in [4.69, 9.17) is 5.11 Å². The Labute approximate surface area is 101 Å².